The second kappa shape index (κ2) is 6.32. The minimum absolute atomic E-state index is 0.349. The summed E-state index contributed by atoms with van der Waals surface area (Å²) in [7, 11) is 1.54. The first-order chi connectivity index (χ1) is 9.55. The molecule has 0 bridgehead atoms. The lowest BCUT2D eigenvalue weighted by Gasteiger charge is -2.11. The number of halogens is 1. The number of methoxy groups -OCH3 is 1. The van der Waals surface area contributed by atoms with E-state index in [1.807, 2.05) is 6.92 Å². The topological polar surface area (TPSA) is 64.6 Å². The molecule has 0 atom stereocenters. The lowest BCUT2D eigenvalue weighted by Crippen LogP contribution is -2.17. The van der Waals surface area contributed by atoms with E-state index >= 15 is 0 Å². The van der Waals surface area contributed by atoms with Crippen molar-refractivity contribution in [1.29, 1.82) is 0 Å². The number of amides is 2. The highest BCUT2D eigenvalue weighted by atomic mass is 79.9. The zero-order valence-electron chi connectivity index (χ0n) is 10.9. The van der Waals surface area contributed by atoms with E-state index in [1.165, 1.54) is 0 Å². The van der Waals surface area contributed by atoms with Gasteiger partial charge < -0.3 is 9.47 Å². The minimum Gasteiger partial charge on any atom is -0.493 e. The predicted molar refractivity (Wildman–Crippen MR) is 81.0 cm³/mol. The Hall–Kier alpha value is -1.47. The van der Waals surface area contributed by atoms with E-state index in [0.717, 1.165) is 21.8 Å². The standard InChI is InChI=1S/C13H12BrNO4S/c1-3-19-10-6-8(14)7(4-9(10)18-2)5-11-12(16)15-13(17)20-11/h4-6H,3H2,1-2H3,(H,15,16,17)/b11-5-. The van der Waals surface area contributed by atoms with Gasteiger partial charge in [-0.15, -0.1) is 0 Å². The van der Waals surface area contributed by atoms with Crippen LogP contribution < -0.4 is 14.8 Å². The summed E-state index contributed by atoms with van der Waals surface area (Å²) in [6.45, 7) is 2.41. The van der Waals surface area contributed by atoms with Crippen LogP contribution in [0.25, 0.3) is 6.08 Å². The third-order valence-electron chi connectivity index (χ3n) is 2.51. The molecule has 1 aliphatic heterocycles. The van der Waals surface area contributed by atoms with Crippen LogP contribution in [0.15, 0.2) is 21.5 Å². The summed E-state index contributed by atoms with van der Waals surface area (Å²) in [5.74, 6) is 0.792. The molecule has 2 amide bonds. The van der Waals surface area contributed by atoms with Gasteiger partial charge >= 0.3 is 0 Å². The fraction of sp³-hybridized carbons (Fsp3) is 0.231. The number of benzene rings is 1. The highest BCUT2D eigenvalue weighted by Gasteiger charge is 2.25. The second-order valence-electron chi connectivity index (χ2n) is 3.81. The van der Waals surface area contributed by atoms with E-state index in [2.05, 4.69) is 21.2 Å². The van der Waals surface area contributed by atoms with Crippen molar-refractivity contribution in [3.8, 4) is 11.5 Å². The Morgan fingerprint density at radius 1 is 1.35 bits per heavy atom. The van der Waals surface area contributed by atoms with E-state index < -0.39 is 0 Å². The molecule has 2 rings (SSSR count). The van der Waals surface area contributed by atoms with Gasteiger partial charge in [0.2, 0.25) is 0 Å². The molecule has 106 valence electrons. The molecule has 5 nitrogen and oxygen atoms in total. The van der Waals surface area contributed by atoms with Crippen LogP contribution in [0.4, 0.5) is 4.79 Å². The summed E-state index contributed by atoms with van der Waals surface area (Å²) in [6, 6.07) is 3.52. The highest BCUT2D eigenvalue weighted by Crippen LogP contribution is 2.36. The van der Waals surface area contributed by atoms with Crippen LogP contribution in [-0.4, -0.2) is 24.9 Å². The summed E-state index contributed by atoms with van der Waals surface area (Å²) in [4.78, 5) is 23.0. The highest BCUT2D eigenvalue weighted by molar-refractivity contribution is 9.10. The normalized spacial score (nSPS) is 16.4. The van der Waals surface area contributed by atoms with Gasteiger partial charge in [0.25, 0.3) is 11.1 Å². The summed E-state index contributed by atoms with van der Waals surface area (Å²) in [6.07, 6.45) is 1.63. The number of carbonyl (C=O) groups is 2. The zero-order valence-corrected chi connectivity index (χ0v) is 13.3. The first-order valence-corrected chi connectivity index (χ1v) is 7.41. The van der Waals surface area contributed by atoms with E-state index in [4.69, 9.17) is 9.47 Å². The molecule has 1 fully saturated rings. The first kappa shape index (κ1) is 14.9. The predicted octanol–water partition coefficient (Wildman–Crippen LogP) is 3.18. The largest absolute Gasteiger partial charge is 0.493 e. The Balaban J connectivity index is 2.40. The SMILES string of the molecule is CCOc1cc(Br)c(/C=C2\SC(=O)NC2=O)cc1OC. The van der Waals surface area contributed by atoms with Crippen molar-refractivity contribution in [3.63, 3.8) is 0 Å². The molecule has 1 aromatic carbocycles. The van der Waals surface area contributed by atoms with Crippen LogP contribution in [0.5, 0.6) is 11.5 Å². The lowest BCUT2D eigenvalue weighted by atomic mass is 10.2. The third-order valence-corrected chi connectivity index (χ3v) is 4.01. The Bertz CT molecular complexity index is 600. The molecule has 0 unspecified atom stereocenters. The van der Waals surface area contributed by atoms with Gasteiger partial charge in [0.15, 0.2) is 11.5 Å². The van der Waals surface area contributed by atoms with Gasteiger partial charge in [-0.1, -0.05) is 15.9 Å². The smallest absolute Gasteiger partial charge is 0.290 e. The molecule has 1 aromatic rings. The van der Waals surface area contributed by atoms with Crippen molar-refractivity contribution in [2.24, 2.45) is 0 Å². The summed E-state index contributed by atoms with van der Waals surface area (Å²) < 4.78 is 11.5. The molecule has 1 saturated heterocycles. The Morgan fingerprint density at radius 3 is 2.65 bits per heavy atom. The fourth-order valence-electron chi connectivity index (χ4n) is 1.65. The van der Waals surface area contributed by atoms with Gasteiger partial charge in [-0.3, -0.25) is 14.9 Å². The summed E-state index contributed by atoms with van der Waals surface area (Å²) >= 11 is 4.29. The van der Waals surface area contributed by atoms with Gasteiger partial charge in [0.1, 0.15) is 0 Å². The van der Waals surface area contributed by atoms with E-state index in [-0.39, 0.29) is 11.1 Å². The van der Waals surface area contributed by atoms with Crippen LogP contribution in [0.2, 0.25) is 0 Å². The van der Waals surface area contributed by atoms with E-state index in [1.54, 1.807) is 25.3 Å². The molecule has 0 spiro atoms. The van der Waals surface area contributed by atoms with Crippen LogP contribution >= 0.6 is 27.7 Å². The van der Waals surface area contributed by atoms with Crippen molar-refractivity contribution in [2.45, 2.75) is 6.92 Å². The van der Waals surface area contributed by atoms with E-state index in [0.29, 0.717) is 23.0 Å². The van der Waals surface area contributed by atoms with Crippen LogP contribution in [0.1, 0.15) is 12.5 Å². The number of nitrogens with one attached hydrogen (secondary N) is 1. The number of ether oxygens (including phenoxy) is 2. The average Bonchev–Trinajstić information content (AvgIpc) is 2.71. The number of hydrogen-bond donors (Lipinski definition) is 1. The van der Waals surface area contributed by atoms with Gasteiger partial charge in [0, 0.05) is 4.47 Å². The molecule has 0 saturated carbocycles. The molecule has 0 aliphatic carbocycles. The van der Waals surface area contributed by atoms with Gasteiger partial charge in [-0.25, -0.2) is 0 Å². The first-order valence-electron chi connectivity index (χ1n) is 5.80. The minimum atomic E-state index is -0.389. The average molecular weight is 358 g/mol. The third kappa shape index (κ3) is 3.16. The van der Waals surface area contributed by atoms with Crippen molar-refractivity contribution >= 4 is 44.9 Å². The van der Waals surface area contributed by atoms with Crippen molar-refractivity contribution in [3.05, 3.63) is 27.1 Å². The van der Waals surface area contributed by atoms with Crippen molar-refractivity contribution in [1.82, 2.24) is 5.32 Å². The van der Waals surface area contributed by atoms with E-state index in [9.17, 15) is 9.59 Å². The Morgan fingerprint density at radius 2 is 2.10 bits per heavy atom. The molecule has 1 N–H and O–H groups in total. The van der Waals surface area contributed by atoms with Crippen molar-refractivity contribution in [2.75, 3.05) is 13.7 Å². The maximum absolute atomic E-state index is 11.5. The summed E-state index contributed by atoms with van der Waals surface area (Å²) in [5, 5.41) is 1.85. The number of hydrogen-bond acceptors (Lipinski definition) is 5. The van der Waals surface area contributed by atoms with Crippen LogP contribution in [0, 0.1) is 0 Å². The molecule has 1 aliphatic rings. The van der Waals surface area contributed by atoms with Gasteiger partial charge in [-0.2, -0.15) is 0 Å². The Labute approximate surface area is 128 Å². The monoisotopic (exact) mass is 357 g/mol. The summed E-state index contributed by atoms with van der Waals surface area (Å²) in [5.41, 5.74) is 0.734. The maximum atomic E-state index is 11.5. The van der Waals surface area contributed by atoms with Crippen LogP contribution in [0.3, 0.4) is 0 Å². The number of thioether (sulfide) groups is 1. The fourth-order valence-corrected chi connectivity index (χ4v) is 2.76. The zero-order chi connectivity index (χ0) is 14.7. The Kier molecular flexibility index (Phi) is 4.72. The molecule has 7 heteroatoms. The molecule has 20 heavy (non-hydrogen) atoms. The van der Waals surface area contributed by atoms with Crippen LogP contribution in [-0.2, 0) is 4.79 Å². The number of rotatable bonds is 4. The molecular weight excluding hydrogens is 346 g/mol. The van der Waals surface area contributed by atoms with Gasteiger partial charge in [0.05, 0.1) is 18.6 Å². The molecule has 1 heterocycles. The molecular formula is C13H12BrNO4S. The second-order valence-corrected chi connectivity index (χ2v) is 5.68. The molecule has 0 aromatic heterocycles. The molecule has 0 radical (unpaired) electrons. The quantitative estimate of drug-likeness (QED) is 0.838. The van der Waals surface area contributed by atoms with Gasteiger partial charge in [-0.05, 0) is 42.5 Å². The number of imide groups is 1. The lowest BCUT2D eigenvalue weighted by molar-refractivity contribution is -0.115. The van der Waals surface area contributed by atoms with Crippen molar-refractivity contribution < 1.29 is 19.1 Å². The number of carbonyl (C=O) groups excluding carboxylic acids is 2. The maximum Gasteiger partial charge on any atom is 0.290 e.